The first-order chi connectivity index (χ1) is 16.0. The summed E-state index contributed by atoms with van der Waals surface area (Å²) < 4.78 is 0. The number of hydrogen-bond donors (Lipinski definition) is 1. The normalized spacial score (nSPS) is 13.9. The zero-order valence-corrected chi connectivity index (χ0v) is 19.3. The van der Waals surface area contributed by atoms with Gasteiger partial charge in [0.2, 0.25) is 5.91 Å². The molecule has 0 bridgehead atoms. The Kier molecular flexibility index (Phi) is 7.10. The van der Waals surface area contributed by atoms with E-state index in [4.69, 9.17) is 11.6 Å². The minimum atomic E-state index is -0.194. The molecular formula is C27H26ClN3O2. The van der Waals surface area contributed by atoms with E-state index >= 15 is 0 Å². The van der Waals surface area contributed by atoms with E-state index in [2.05, 4.69) is 10.2 Å². The van der Waals surface area contributed by atoms with Gasteiger partial charge in [-0.3, -0.25) is 9.59 Å². The molecule has 1 fully saturated rings. The summed E-state index contributed by atoms with van der Waals surface area (Å²) >= 11 is 5.88. The number of rotatable bonds is 5. The molecule has 4 rings (SSSR count). The highest BCUT2D eigenvalue weighted by molar-refractivity contribution is 6.30. The maximum absolute atomic E-state index is 12.7. The van der Waals surface area contributed by atoms with Gasteiger partial charge in [0.25, 0.3) is 5.91 Å². The van der Waals surface area contributed by atoms with Crippen molar-refractivity contribution >= 4 is 40.9 Å². The van der Waals surface area contributed by atoms with Crippen molar-refractivity contribution in [3.05, 3.63) is 101 Å². The predicted molar refractivity (Wildman–Crippen MR) is 135 cm³/mol. The van der Waals surface area contributed by atoms with Crippen molar-refractivity contribution in [2.24, 2.45) is 0 Å². The third-order valence-corrected chi connectivity index (χ3v) is 5.91. The number of aryl methyl sites for hydroxylation is 1. The molecule has 33 heavy (non-hydrogen) atoms. The Morgan fingerprint density at radius 3 is 2.12 bits per heavy atom. The van der Waals surface area contributed by atoms with Gasteiger partial charge in [-0.05, 0) is 67.1 Å². The molecule has 0 saturated carbocycles. The highest BCUT2D eigenvalue weighted by Gasteiger charge is 2.22. The third kappa shape index (κ3) is 6.02. The maximum Gasteiger partial charge on any atom is 0.253 e. The first-order valence-corrected chi connectivity index (χ1v) is 11.3. The molecule has 1 heterocycles. The number of anilines is 2. The lowest BCUT2D eigenvalue weighted by Crippen LogP contribution is -2.48. The molecule has 1 saturated heterocycles. The second-order valence-corrected chi connectivity index (χ2v) is 8.50. The Bertz CT molecular complexity index is 1130. The topological polar surface area (TPSA) is 52.7 Å². The summed E-state index contributed by atoms with van der Waals surface area (Å²) in [5, 5.41) is 3.54. The van der Waals surface area contributed by atoms with E-state index < -0.39 is 0 Å². The highest BCUT2D eigenvalue weighted by Crippen LogP contribution is 2.20. The Morgan fingerprint density at radius 2 is 1.48 bits per heavy atom. The van der Waals surface area contributed by atoms with Gasteiger partial charge in [0.1, 0.15) is 0 Å². The molecule has 1 aliphatic heterocycles. The van der Waals surface area contributed by atoms with E-state index in [9.17, 15) is 9.59 Å². The van der Waals surface area contributed by atoms with Gasteiger partial charge in [0.15, 0.2) is 0 Å². The summed E-state index contributed by atoms with van der Waals surface area (Å²) in [7, 11) is 0. The lowest BCUT2D eigenvalue weighted by atomic mass is 10.1. The lowest BCUT2D eigenvalue weighted by molar-refractivity contribution is -0.111. The van der Waals surface area contributed by atoms with Crippen molar-refractivity contribution < 1.29 is 9.59 Å². The summed E-state index contributed by atoms with van der Waals surface area (Å²) in [6.07, 6.45) is 3.25. The Balaban J connectivity index is 1.28. The summed E-state index contributed by atoms with van der Waals surface area (Å²) in [5.41, 5.74) is 4.60. The van der Waals surface area contributed by atoms with E-state index in [1.165, 1.54) is 6.08 Å². The van der Waals surface area contributed by atoms with Gasteiger partial charge in [-0.25, -0.2) is 0 Å². The van der Waals surface area contributed by atoms with Crippen LogP contribution in [0.15, 0.2) is 78.9 Å². The number of halogens is 1. The van der Waals surface area contributed by atoms with Crippen LogP contribution in [0.3, 0.4) is 0 Å². The van der Waals surface area contributed by atoms with Crippen LogP contribution in [0.5, 0.6) is 0 Å². The van der Waals surface area contributed by atoms with Crippen LogP contribution in [-0.2, 0) is 4.79 Å². The highest BCUT2D eigenvalue weighted by atomic mass is 35.5. The Morgan fingerprint density at radius 1 is 0.848 bits per heavy atom. The van der Waals surface area contributed by atoms with Gasteiger partial charge in [0.05, 0.1) is 0 Å². The fraction of sp³-hybridized carbons (Fsp3) is 0.185. The number of nitrogens with zero attached hydrogens (tertiary/aromatic N) is 2. The van der Waals surface area contributed by atoms with E-state index in [-0.39, 0.29) is 11.8 Å². The monoisotopic (exact) mass is 459 g/mol. The molecule has 3 aromatic rings. The molecule has 0 atom stereocenters. The van der Waals surface area contributed by atoms with Gasteiger partial charge in [-0.2, -0.15) is 0 Å². The molecule has 0 aromatic heterocycles. The van der Waals surface area contributed by atoms with Gasteiger partial charge < -0.3 is 15.1 Å². The number of hydrogen-bond acceptors (Lipinski definition) is 3. The number of carbonyl (C=O) groups excluding carboxylic acids is 2. The number of amides is 2. The molecule has 0 unspecified atom stereocenters. The van der Waals surface area contributed by atoms with Crippen molar-refractivity contribution in [3.63, 3.8) is 0 Å². The van der Waals surface area contributed by atoms with Gasteiger partial charge in [-0.15, -0.1) is 0 Å². The van der Waals surface area contributed by atoms with Crippen LogP contribution in [0.2, 0.25) is 5.02 Å². The first-order valence-electron chi connectivity index (χ1n) is 10.9. The van der Waals surface area contributed by atoms with Crippen molar-refractivity contribution in [1.29, 1.82) is 0 Å². The fourth-order valence-corrected chi connectivity index (χ4v) is 3.86. The molecule has 6 heteroatoms. The molecule has 3 aromatic carbocycles. The number of nitrogens with one attached hydrogen (secondary N) is 1. The SMILES string of the molecule is Cc1ccc(C(=O)N2CCN(c3ccc(NC(=O)C=Cc4ccc(Cl)cc4)cc3)CC2)cc1. The van der Waals surface area contributed by atoms with Gasteiger partial charge >= 0.3 is 0 Å². The number of piperazine rings is 1. The molecule has 2 amide bonds. The maximum atomic E-state index is 12.7. The zero-order valence-electron chi connectivity index (χ0n) is 18.5. The van der Waals surface area contributed by atoms with Crippen LogP contribution < -0.4 is 10.2 Å². The van der Waals surface area contributed by atoms with Crippen molar-refractivity contribution in [2.45, 2.75) is 6.92 Å². The first kappa shape index (κ1) is 22.6. The largest absolute Gasteiger partial charge is 0.368 e. The van der Waals surface area contributed by atoms with Crippen LogP contribution in [0, 0.1) is 6.92 Å². The molecule has 0 spiro atoms. The Hall–Kier alpha value is -3.57. The lowest BCUT2D eigenvalue weighted by Gasteiger charge is -2.36. The molecule has 0 radical (unpaired) electrons. The molecule has 5 nitrogen and oxygen atoms in total. The summed E-state index contributed by atoms with van der Waals surface area (Å²) in [6.45, 7) is 4.92. The van der Waals surface area contributed by atoms with Crippen molar-refractivity contribution in [2.75, 3.05) is 36.4 Å². The van der Waals surface area contributed by atoms with E-state index in [1.807, 2.05) is 72.5 Å². The molecule has 168 valence electrons. The second kappa shape index (κ2) is 10.4. The fourth-order valence-electron chi connectivity index (χ4n) is 3.73. The van der Waals surface area contributed by atoms with E-state index in [0.29, 0.717) is 18.1 Å². The van der Waals surface area contributed by atoms with Gasteiger partial charge in [0, 0.05) is 54.2 Å². The number of benzene rings is 3. The van der Waals surface area contributed by atoms with E-state index in [0.717, 1.165) is 41.2 Å². The van der Waals surface area contributed by atoms with Crippen LogP contribution in [0.1, 0.15) is 21.5 Å². The van der Waals surface area contributed by atoms with Crippen LogP contribution in [0.25, 0.3) is 6.08 Å². The smallest absolute Gasteiger partial charge is 0.253 e. The average molecular weight is 460 g/mol. The summed E-state index contributed by atoms with van der Waals surface area (Å²) in [4.78, 5) is 29.1. The molecular weight excluding hydrogens is 434 g/mol. The molecule has 0 aliphatic carbocycles. The van der Waals surface area contributed by atoms with Crippen molar-refractivity contribution in [1.82, 2.24) is 4.90 Å². The number of carbonyl (C=O) groups is 2. The van der Waals surface area contributed by atoms with E-state index in [1.54, 1.807) is 18.2 Å². The molecule has 1 N–H and O–H groups in total. The minimum Gasteiger partial charge on any atom is -0.368 e. The van der Waals surface area contributed by atoms with Crippen LogP contribution in [-0.4, -0.2) is 42.9 Å². The Labute approximate surface area is 199 Å². The van der Waals surface area contributed by atoms with Crippen LogP contribution >= 0.6 is 11.6 Å². The van der Waals surface area contributed by atoms with Crippen molar-refractivity contribution in [3.8, 4) is 0 Å². The molecule has 1 aliphatic rings. The predicted octanol–water partition coefficient (Wildman–Crippen LogP) is 5.26. The third-order valence-electron chi connectivity index (χ3n) is 5.66. The zero-order chi connectivity index (χ0) is 23.2. The standard InChI is InChI=1S/C27H26ClN3O2/c1-20-2-7-22(8-3-20)27(33)31-18-16-30(17-19-31)25-13-11-24(12-14-25)29-26(32)15-6-21-4-9-23(28)10-5-21/h2-15H,16-19H2,1H3,(H,29,32). The minimum absolute atomic E-state index is 0.0827. The van der Waals surface area contributed by atoms with Gasteiger partial charge in [-0.1, -0.05) is 41.4 Å². The second-order valence-electron chi connectivity index (χ2n) is 8.07. The van der Waals surface area contributed by atoms with Crippen LogP contribution in [0.4, 0.5) is 11.4 Å². The average Bonchev–Trinajstić information content (AvgIpc) is 2.84. The summed E-state index contributed by atoms with van der Waals surface area (Å²) in [6, 6.07) is 22.8. The summed E-state index contributed by atoms with van der Waals surface area (Å²) in [5.74, 6) is -0.111. The quantitative estimate of drug-likeness (QED) is 0.529.